The lowest BCUT2D eigenvalue weighted by Gasteiger charge is -2.06. The Morgan fingerprint density at radius 2 is 1.80 bits per heavy atom. The molecule has 0 aliphatic carbocycles. The number of hydrogen-bond donors (Lipinski definition) is 1. The molecule has 0 fully saturated rings. The van der Waals surface area contributed by atoms with E-state index in [1.165, 1.54) is 6.07 Å². The SMILES string of the molecule is COc1ccc(-n2nc(C(=O)Nc3ccc(F)c(F)c3)cc2C)cc1. The average molecular weight is 343 g/mol. The third-order valence-corrected chi connectivity index (χ3v) is 3.61. The summed E-state index contributed by atoms with van der Waals surface area (Å²) in [6, 6.07) is 12.0. The molecule has 1 N–H and O–H groups in total. The summed E-state index contributed by atoms with van der Waals surface area (Å²) < 4.78 is 32.9. The summed E-state index contributed by atoms with van der Waals surface area (Å²) in [5, 5.41) is 6.76. The smallest absolute Gasteiger partial charge is 0.276 e. The van der Waals surface area contributed by atoms with Crippen molar-refractivity contribution in [2.45, 2.75) is 6.92 Å². The lowest BCUT2D eigenvalue weighted by molar-refractivity contribution is 0.102. The van der Waals surface area contributed by atoms with E-state index in [0.717, 1.165) is 23.5 Å². The van der Waals surface area contributed by atoms with E-state index >= 15 is 0 Å². The van der Waals surface area contributed by atoms with E-state index in [4.69, 9.17) is 4.74 Å². The van der Waals surface area contributed by atoms with Crippen molar-refractivity contribution in [1.29, 1.82) is 0 Å². The zero-order chi connectivity index (χ0) is 18.0. The lowest BCUT2D eigenvalue weighted by Crippen LogP contribution is -2.13. The first-order chi connectivity index (χ1) is 12.0. The second-order valence-electron chi connectivity index (χ2n) is 5.36. The molecule has 0 saturated heterocycles. The van der Waals surface area contributed by atoms with Crippen LogP contribution in [0.2, 0.25) is 0 Å². The van der Waals surface area contributed by atoms with Gasteiger partial charge in [0.2, 0.25) is 0 Å². The quantitative estimate of drug-likeness (QED) is 0.785. The van der Waals surface area contributed by atoms with Gasteiger partial charge in [-0.15, -0.1) is 0 Å². The summed E-state index contributed by atoms with van der Waals surface area (Å²) in [6.07, 6.45) is 0. The van der Waals surface area contributed by atoms with Gasteiger partial charge in [0.1, 0.15) is 5.75 Å². The van der Waals surface area contributed by atoms with Gasteiger partial charge in [0, 0.05) is 17.4 Å². The summed E-state index contributed by atoms with van der Waals surface area (Å²) in [7, 11) is 1.58. The van der Waals surface area contributed by atoms with Crippen LogP contribution >= 0.6 is 0 Å². The van der Waals surface area contributed by atoms with Gasteiger partial charge >= 0.3 is 0 Å². The van der Waals surface area contributed by atoms with Gasteiger partial charge in [-0.05, 0) is 49.4 Å². The zero-order valence-corrected chi connectivity index (χ0v) is 13.6. The Morgan fingerprint density at radius 3 is 2.44 bits per heavy atom. The number of rotatable bonds is 4. The number of amides is 1. The molecule has 0 aliphatic rings. The van der Waals surface area contributed by atoms with Gasteiger partial charge in [0.25, 0.3) is 5.91 Å². The van der Waals surface area contributed by atoms with Gasteiger partial charge < -0.3 is 10.1 Å². The molecular weight excluding hydrogens is 328 g/mol. The molecule has 7 heteroatoms. The molecule has 1 aromatic heterocycles. The van der Waals surface area contributed by atoms with Crippen LogP contribution < -0.4 is 10.1 Å². The van der Waals surface area contributed by atoms with Crippen LogP contribution in [0.4, 0.5) is 14.5 Å². The summed E-state index contributed by atoms with van der Waals surface area (Å²) in [6.45, 7) is 1.81. The second kappa shape index (κ2) is 6.72. The number of nitrogens with one attached hydrogen (secondary N) is 1. The van der Waals surface area contributed by atoms with Crippen molar-refractivity contribution in [3.05, 3.63) is 71.6 Å². The first-order valence-corrected chi connectivity index (χ1v) is 7.45. The van der Waals surface area contributed by atoms with Crippen LogP contribution in [-0.2, 0) is 0 Å². The molecule has 1 heterocycles. The third kappa shape index (κ3) is 3.50. The van der Waals surface area contributed by atoms with Crippen molar-refractivity contribution in [1.82, 2.24) is 9.78 Å². The van der Waals surface area contributed by atoms with Crippen molar-refractivity contribution < 1.29 is 18.3 Å². The molecule has 0 unspecified atom stereocenters. The third-order valence-electron chi connectivity index (χ3n) is 3.61. The Bertz CT molecular complexity index is 921. The largest absolute Gasteiger partial charge is 0.497 e. The van der Waals surface area contributed by atoms with Crippen molar-refractivity contribution in [2.75, 3.05) is 12.4 Å². The van der Waals surface area contributed by atoms with Crippen molar-refractivity contribution >= 4 is 11.6 Å². The number of nitrogens with zero attached hydrogens (tertiary/aromatic N) is 2. The molecule has 0 bridgehead atoms. The highest BCUT2D eigenvalue weighted by atomic mass is 19.2. The summed E-state index contributed by atoms with van der Waals surface area (Å²) in [5.74, 6) is -1.80. The fraction of sp³-hybridized carbons (Fsp3) is 0.111. The van der Waals surface area contributed by atoms with E-state index in [1.54, 1.807) is 30.0 Å². The Kier molecular flexibility index (Phi) is 4.47. The maximum atomic E-state index is 13.2. The van der Waals surface area contributed by atoms with E-state index in [2.05, 4.69) is 10.4 Å². The first-order valence-electron chi connectivity index (χ1n) is 7.45. The van der Waals surface area contributed by atoms with E-state index in [1.807, 2.05) is 19.1 Å². The molecule has 0 spiro atoms. The number of aromatic nitrogens is 2. The average Bonchev–Trinajstić information content (AvgIpc) is 3.00. The lowest BCUT2D eigenvalue weighted by atomic mass is 10.2. The van der Waals surface area contributed by atoms with E-state index in [-0.39, 0.29) is 11.4 Å². The molecule has 3 rings (SSSR count). The second-order valence-corrected chi connectivity index (χ2v) is 5.36. The number of anilines is 1. The minimum Gasteiger partial charge on any atom is -0.497 e. The summed E-state index contributed by atoms with van der Waals surface area (Å²) in [4.78, 5) is 12.3. The van der Waals surface area contributed by atoms with Crippen LogP contribution in [0.1, 0.15) is 16.2 Å². The fourth-order valence-corrected chi connectivity index (χ4v) is 2.34. The molecule has 1 amide bonds. The van der Waals surface area contributed by atoms with Gasteiger partial charge in [-0.2, -0.15) is 5.10 Å². The van der Waals surface area contributed by atoms with Crippen molar-refractivity contribution in [2.24, 2.45) is 0 Å². The van der Waals surface area contributed by atoms with Crippen LogP contribution in [0.15, 0.2) is 48.5 Å². The highest BCUT2D eigenvalue weighted by Crippen LogP contribution is 2.18. The van der Waals surface area contributed by atoms with Gasteiger partial charge in [-0.25, -0.2) is 13.5 Å². The molecule has 2 aromatic carbocycles. The molecule has 25 heavy (non-hydrogen) atoms. The number of hydrogen-bond acceptors (Lipinski definition) is 3. The fourth-order valence-electron chi connectivity index (χ4n) is 2.34. The number of carbonyl (C=O) groups is 1. The van der Waals surface area contributed by atoms with Crippen LogP contribution in [0.3, 0.4) is 0 Å². The van der Waals surface area contributed by atoms with Gasteiger partial charge in [-0.3, -0.25) is 4.79 Å². The molecule has 0 radical (unpaired) electrons. The summed E-state index contributed by atoms with van der Waals surface area (Å²) in [5.41, 5.74) is 1.84. The van der Waals surface area contributed by atoms with Crippen molar-refractivity contribution in [3.8, 4) is 11.4 Å². The van der Waals surface area contributed by atoms with Gasteiger partial charge in [-0.1, -0.05) is 0 Å². The number of aryl methyl sites for hydroxylation is 1. The predicted octanol–water partition coefficient (Wildman–Crippen LogP) is 3.72. The van der Waals surface area contributed by atoms with E-state index < -0.39 is 17.5 Å². The minimum absolute atomic E-state index is 0.153. The van der Waals surface area contributed by atoms with Gasteiger partial charge in [0.15, 0.2) is 17.3 Å². The van der Waals surface area contributed by atoms with Crippen LogP contribution in [0, 0.1) is 18.6 Å². The molecule has 0 saturated carbocycles. The molecule has 0 atom stereocenters. The molecule has 128 valence electrons. The zero-order valence-electron chi connectivity index (χ0n) is 13.6. The van der Waals surface area contributed by atoms with Crippen LogP contribution in [0.5, 0.6) is 5.75 Å². The molecule has 0 aliphatic heterocycles. The number of methoxy groups -OCH3 is 1. The van der Waals surface area contributed by atoms with E-state index in [0.29, 0.717) is 5.75 Å². The van der Waals surface area contributed by atoms with Gasteiger partial charge in [0.05, 0.1) is 12.8 Å². The monoisotopic (exact) mass is 343 g/mol. The Labute approximate surface area is 142 Å². The Balaban J connectivity index is 1.83. The molecular formula is C18H15F2N3O2. The molecule has 5 nitrogen and oxygen atoms in total. The minimum atomic E-state index is -1.03. The Morgan fingerprint density at radius 1 is 1.08 bits per heavy atom. The number of benzene rings is 2. The predicted molar refractivity (Wildman–Crippen MR) is 89.2 cm³/mol. The van der Waals surface area contributed by atoms with Crippen molar-refractivity contribution in [3.63, 3.8) is 0 Å². The van der Waals surface area contributed by atoms with Crippen LogP contribution in [-0.4, -0.2) is 22.8 Å². The number of ether oxygens (including phenoxy) is 1. The summed E-state index contributed by atoms with van der Waals surface area (Å²) >= 11 is 0. The number of carbonyl (C=O) groups excluding carboxylic acids is 1. The maximum absolute atomic E-state index is 13.2. The Hall–Kier alpha value is -3.22. The highest BCUT2D eigenvalue weighted by molar-refractivity contribution is 6.02. The highest BCUT2D eigenvalue weighted by Gasteiger charge is 2.14. The van der Waals surface area contributed by atoms with E-state index in [9.17, 15) is 13.6 Å². The number of halogens is 2. The molecule has 3 aromatic rings. The topological polar surface area (TPSA) is 56.2 Å². The van der Waals surface area contributed by atoms with Crippen LogP contribution in [0.25, 0.3) is 5.69 Å². The normalized spacial score (nSPS) is 10.6. The maximum Gasteiger partial charge on any atom is 0.276 e. The first kappa shape index (κ1) is 16.6. The standard InChI is InChI=1S/C18H15F2N3O2/c1-11-9-17(18(24)21-12-3-8-15(19)16(20)10-12)22-23(11)13-4-6-14(25-2)7-5-13/h3-10H,1-2H3,(H,21,24).